The van der Waals surface area contributed by atoms with Crippen molar-refractivity contribution in [3.8, 4) is 0 Å². The summed E-state index contributed by atoms with van der Waals surface area (Å²) in [5.74, 6) is 0. The molecule has 3 rings (SSSR count). The molecule has 0 aromatic carbocycles. The first-order chi connectivity index (χ1) is 7.15. The van der Waals surface area contributed by atoms with E-state index in [4.69, 9.17) is 0 Å². The van der Waals surface area contributed by atoms with Crippen LogP contribution in [0.1, 0.15) is 26.0 Å². The van der Waals surface area contributed by atoms with Gasteiger partial charge in [-0.15, -0.1) is 11.3 Å². The second kappa shape index (κ2) is 3.06. The molecule has 1 aliphatic carbocycles. The van der Waals surface area contributed by atoms with Crippen LogP contribution in [0.2, 0.25) is 0 Å². The maximum atomic E-state index is 4.54. The molecule has 1 saturated carbocycles. The largest absolute Gasteiger partial charge is 0.308 e. The smallest absolute Gasteiger partial charge is 0.193 e. The first kappa shape index (κ1) is 9.36. The molecule has 0 aliphatic heterocycles. The van der Waals surface area contributed by atoms with Crippen molar-refractivity contribution >= 4 is 16.3 Å². The molecule has 1 atom stereocenters. The van der Waals surface area contributed by atoms with Gasteiger partial charge in [-0.1, -0.05) is 13.8 Å². The summed E-state index contributed by atoms with van der Waals surface area (Å²) in [5.41, 5.74) is 1.64. The van der Waals surface area contributed by atoms with Crippen molar-refractivity contribution in [3.63, 3.8) is 0 Å². The highest BCUT2D eigenvalue weighted by Crippen LogP contribution is 2.44. The molecule has 0 amide bonds. The molecule has 80 valence electrons. The molecule has 1 fully saturated rings. The van der Waals surface area contributed by atoms with Crippen LogP contribution in [-0.2, 0) is 6.54 Å². The van der Waals surface area contributed by atoms with Crippen LogP contribution in [0.3, 0.4) is 0 Å². The molecular formula is C11H15N3S. The van der Waals surface area contributed by atoms with Crippen molar-refractivity contribution < 1.29 is 0 Å². The SMILES string of the molecule is CC1(C)CC1NCc1cn2ccsc2n1. The predicted molar refractivity (Wildman–Crippen MR) is 62.1 cm³/mol. The zero-order chi connectivity index (χ0) is 10.5. The minimum absolute atomic E-state index is 0.497. The van der Waals surface area contributed by atoms with Gasteiger partial charge in [-0.2, -0.15) is 0 Å². The Labute approximate surface area is 93.1 Å². The van der Waals surface area contributed by atoms with E-state index in [1.165, 1.54) is 6.42 Å². The molecule has 2 heterocycles. The zero-order valence-corrected chi connectivity index (χ0v) is 9.84. The standard InChI is InChI=1S/C11H15N3S/c1-11(2)5-9(11)12-6-8-7-14-3-4-15-10(14)13-8/h3-4,7,9,12H,5-6H2,1-2H3. The molecule has 1 unspecified atom stereocenters. The fourth-order valence-corrected chi connectivity index (χ4v) is 2.62. The Hall–Kier alpha value is -0.870. The number of hydrogen-bond donors (Lipinski definition) is 1. The molecule has 2 aromatic rings. The van der Waals surface area contributed by atoms with E-state index in [1.54, 1.807) is 11.3 Å². The Kier molecular flexibility index (Phi) is 1.91. The van der Waals surface area contributed by atoms with Crippen LogP contribution in [0.15, 0.2) is 17.8 Å². The third kappa shape index (κ3) is 1.68. The van der Waals surface area contributed by atoms with Crippen LogP contribution in [0.5, 0.6) is 0 Å². The van der Waals surface area contributed by atoms with Gasteiger partial charge in [-0.05, 0) is 11.8 Å². The van der Waals surface area contributed by atoms with Gasteiger partial charge in [0.05, 0.1) is 5.69 Å². The molecule has 0 saturated heterocycles. The third-order valence-corrected chi connectivity index (χ3v) is 3.96. The van der Waals surface area contributed by atoms with Gasteiger partial charge in [0, 0.05) is 30.4 Å². The first-order valence-corrected chi connectivity index (χ1v) is 6.17. The average Bonchev–Trinajstić information content (AvgIpc) is 2.54. The van der Waals surface area contributed by atoms with Crippen molar-refractivity contribution in [1.29, 1.82) is 0 Å². The molecule has 0 bridgehead atoms. The normalized spacial score (nSPS) is 23.5. The lowest BCUT2D eigenvalue weighted by molar-refractivity contribution is 0.539. The van der Waals surface area contributed by atoms with Gasteiger partial charge >= 0.3 is 0 Å². The number of rotatable bonds is 3. The lowest BCUT2D eigenvalue weighted by Gasteiger charge is -2.03. The summed E-state index contributed by atoms with van der Waals surface area (Å²) in [6.45, 7) is 5.50. The minimum Gasteiger partial charge on any atom is -0.308 e. The number of nitrogens with zero attached hydrogens (tertiary/aromatic N) is 2. The minimum atomic E-state index is 0.497. The summed E-state index contributed by atoms with van der Waals surface area (Å²) in [6.07, 6.45) is 5.45. The Bertz CT molecular complexity index is 454. The average molecular weight is 221 g/mol. The van der Waals surface area contributed by atoms with E-state index >= 15 is 0 Å². The van der Waals surface area contributed by atoms with E-state index in [-0.39, 0.29) is 0 Å². The van der Waals surface area contributed by atoms with Gasteiger partial charge in [0.2, 0.25) is 0 Å². The highest BCUT2D eigenvalue weighted by Gasteiger charge is 2.45. The van der Waals surface area contributed by atoms with Crippen LogP contribution in [0, 0.1) is 5.41 Å². The lowest BCUT2D eigenvalue weighted by atomic mass is 10.2. The van der Waals surface area contributed by atoms with Crippen LogP contribution < -0.4 is 5.32 Å². The van der Waals surface area contributed by atoms with Gasteiger partial charge in [0.15, 0.2) is 4.96 Å². The maximum Gasteiger partial charge on any atom is 0.193 e. The van der Waals surface area contributed by atoms with E-state index in [9.17, 15) is 0 Å². The topological polar surface area (TPSA) is 29.3 Å². The number of imidazole rings is 1. The van der Waals surface area contributed by atoms with Crippen LogP contribution in [0.4, 0.5) is 0 Å². The predicted octanol–water partition coefficient (Wildman–Crippen LogP) is 2.28. The van der Waals surface area contributed by atoms with Crippen LogP contribution in [0.25, 0.3) is 4.96 Å². The van der Waals surface area contributed by atoms with Crippen molar-refractivity contribution in [2.24, 2.45) is 5.41 Å². The van der Waals surface area contributed by atoms with Gasteiger partial charge in [-0.25, -0.2) is 4.98 Å². The molecule has 4 heteroatoms. The summed E-state index contributed by atoms with van der Waals surface area (Å²) in [4.78, 5) is 5.62. The number of fused-ring (bicyclic) bond motifs is 1. The first-order valence-electron chi connectivity index (χ1n) is 5.30. The number of aromatic nitrogens is 2. The van der Waals surface area contributed by atoms with Crippen molar-refractivity contribution in [1.82, 2.24) is 14.7 Å². The molecular weight excluding hydrogens is 206 g/mol. The molecule has 15 heavy (non-hydrogen) atoms. The van der Waals surface area contributed by atoms with Gasteiger partial charge in [0.25, 0.3) is 0 Å². The Morgan fingerprint density at radius 3 is 3.13 bits per heavy atom. The number of nitrogens with one attached hydrogen (secondary N) is 1. The fraction of sp³-hybridized carbons (Fsp3) is 0.545. The van der Waals surface area contributed by atoms with E-state index in [0.717, 1.165) is 17.2 Å². The van der Waals surface area contributed by atoms with Crippen molar-refractivity contribution in [2.45, 2.75) is 32.9 Å². The second-order valence-corrected chi connectivity index (χ2v) is 5.82. The molecule has 3 nitrogen and oxygen atoms in total. The molecule has 1 aliphatic rings. The highest BCUT2D eigenvalue weighted by atomic mass is 32.1. The van der Waals surface area contributed by atoms with Crippen molar-refractivity contribution in [3.05, 3.63) is 23.5 Å². The molecule has 1 N–H and O–H groups in total. The van der Waals surface area contributed by atoms with E-state index in [1.807, 2.05) is 0 Å². The van der Waals surface area contributed by atoms with Crippen molar-refractivity contribution in [2.75, 3.05) is 0 Å². The fourth-order valence-electron chi connectivity index (χ4n) is 1.90. The van der Waals surface area contributed by atoms with E-state index < -0.39 is 0 Å². The van der Waals surface area contributed by atoms with E-state index in [2.05, 4.69) is 46.3 Å². The Morgan fingerprint density at radius 2 is 2.47 bits per heavy atom. The van der Waals surface area contributed by atoms with Gasteiger partial charge in [-0.3, -0.25) is 4.40 Å². The molecule has 0 spiro atoms. The Morgan fingerprint density at radius 1 is 1.67 bits per heavy atom. The van der Waals surface area contributed by atoms with Gasteiger partial charge in [0.1, 0.15) is 0 Å². The quantitative estimate of drug-likeness (QED) is 0.861. The monoisotopic (exact) mass is 221 g/mol. The summed E-state index contributed by atoms with van der Waals surface area (Å²) in [5, 5.41) is 5.60. The summed E-state index contributed by atoms with van der Waals surface area (Å²) < 4.78 is 2.08. The van der Waals surface area contributed by atoms with E-state index in [0.29, 0.717) is 11.5 Å². The summed E-state index contributed by atoms with van der Waals surface area (Å²) in [7, 11) is 0. The molecule has 0 radical (unpaired) electrons. The zero-order valence-electron chi connectivity index (χ0n) is 9.03. The Balaban J connectivity index is 1.66. The van der Waals surface area contributed by atoms with Crippen LogP contribution in [-0.4, -0.2) is 15.4 Å². The lowest BCUT2D eigenvalue weighted by Crippen LogP contribution is -2.20. The summed E-state index contributed by atoms with van der Waals surface area (Å²) >= 11 is 1.68. The number of hydrogen-bond acceptors (Lipinski definition) is 3. The third-order valence-electron chi connectivity index (χ3n) is 3.19. The maximum absolute atomic E-state index is 4.54. The number of thiazole rings is 1. The molecule has 2 aromatic heterocycles. The van der Waals surface area contributed by atoms with Crippen LogP contribution >= 0.6 is 11.3 Å². The second-order valence-electron chi connectivity index (χ2n) is 4.95. The van der Waals surface area contributed by atoms with Gasteiger partial charge < -0.3 is 5.32 Å². The highest BCUT2D eigenvalue weighted by molar-refractivity contribution is 7.15. The summed E-state index contributed by atoms with van der Waals surface area (Å²) in [6, 6.07) is 0.678.